The minimum absolute atomic E-state index is 0.307. The lowest BCUT2D eigenvalue weighted by Crippen LogP contribution is -2.40. The first-order valence-electron chi connectivity index (χ1n) is 8.05. The first-order valence-corrected chi connectivity index (χ1v) is 8.05. The zero-order valence-electron chi connectivity index (χ0n) is 12.9. The fourth-order valence-corrected chi connectivity index (χ4v) is 2.77. The first-order chi connectivity index (χ1) is 9.74. The third kappa shape index (κ3) is 3.81. The summed E-state index contributed by atoms with van der Waals surface area (Å²) in [6.07, 6.45) is 7.93. The Hall–Kier alpha value is -1.38. The Morgan fingerprint density at radius 1 is 1.20 bits per heavy atom. The van der Waals surface area contributed by atoms with Crippen LogP contribution >= 0.6 is 0 Å². The quantitative estimate of drug-likeness (QED) is 0.598. The molecule has 0 amide bonds. The van der Waals surface area contributed by atoms with Gasteiger partial charge in [0.25, 0.3) is 0 Å². The van der Waals surface area contributed by atoms with Crippen molar-refractivity contribution < 1.29 is 4.74 Å². The van der Waals surface area contributed by atoms with Crippen LogP contribution in [0.5, 0.6) is 5.75 Å². The van der Waals surface area contributed by atoms with Crippen LogP contribution in [0.3, 0.4) is 0 Å². The fraction of sp³-hybridized carbons (Fsp3) is 0.647. The van der Waals surface area contributed by atoms with Crippen LogP contribution < -0.4 is 15.4 Å². The van der Waals surface area contributed by atoms with Crippen molar-refractivity contribution in [2.75, 3.05) is 23.7 Å². The molecule has 2 rings (SSSR count). The highest BCUT2D eigenvalue weighted by atomic mass is 16.5. The van der Waals surface area contributed by atoms with E-state index in [2.05, 4.69) is 18.7 Å². The Bertz CT molecular complexity index is 419. The van der Waals surface area contributed by atoms with E-state index in [0.717, 1.165) is 30.9 Å². The molecule has 0 fully saturated rings. The van der Waals surface area contributed by atoms with Crippen LogP contribution in [0.1, 0.15) is 52.4 Å². The van der Waals surface area contributed by atoms with Crippen molar-refractivity contribution in [1.29, 1.82) is 0 Å². The summed E-state index contributed by atoms with van der Waals surface area (Å²) in [5.74, 6) is 0.992. The molecule has 0 aromatic heterocycles. The minimum atomic E-state index is 0.307. The molecule has 1 aromatic carbocycles. The molecule has 0 aliphatic carbocycles. The zero-order chi connectivity index (χ0) is 14.4. The van der Waals surface area contributed by atoms with Crippen molar-refractivity contribution in [2.24, 2.45) is 0 Å². The Morgan fingerprint density at radius 2 is 2.00 bits per heavy atom. The lowest BCUT2D eigenvalue weighted by molar-refractivity contribution is 0.189. The smallest absolute Gasteiger partial charge is 0.143 e. The van der Waals surface area contributed by atoms with Crippen LogP contribution in [-0.4, -0.2) is 19.2 Å². The summed E-state index contributed by atoms with van der Waals surface area (Å²) in [5.41, 5.74) is 7.91. The predicted molar refractivity (Wildman–Crippen MR) is 86.5 cm³/mol. The lowest BCUT2D eigenvalue weighted by Gasteiger charge is -2.36. The molecule has 1 atom stereocenters. The van der Waals surface area contributed by atoms with Gasteiger partial charge in [0, 0.05) is 12.2 Å². The van der Waals surface area contributed by atoms with E-state index in [4.69, 9.17) is 10.5 Å². The summed E-state index contributed by atoms with van der Waals surface area (Å²) in [5, 5.41) is 0. The van der Waals surface area contributed by atoms with Gasteiger partial charge in [-0.05, 0) is 31.0 Å². The second kappa shape index (κ2) is 7.41. The number of anilines is 2. The van der Waals surface area contributed by atoms with Gasteiger partial charge in [0.2, 0.25) is 0 Å². The highest BCUT2D eigenvalue weighted by Crippen LogP contribution is 2.35. The van der Waals surface area contributed by atoms with E-state index in [0.29, 0.717) is 6.10 Å². The number of hydrogen-bond acceptors (Lipinski definition) is 3. The number of unbranched alkanes of at least 4 members (excludes halogenated alkanes) is 4. The second-order valence-electron chi connectivity index (χ2n) is 5.74. The largest absolute Gasteiger partial charge is 0.486 e. The topological polar surface area (TPSA) is 38.5 Å². The number of nitrogens with zero attached hydrogens (tertiary/aromatic N) is 1. The van der Waals surface area contributed by atoms with Gasteiger partial charge in [-0.3, -0.25) is 0 Å². The van der Waals surface area contributed by atoms with Crippen LogP contribution in [0.2, 0.25) is 0 Å². The number of rotatable bonds is 7. The molecule has 1 heterocycles. The van der Waals surface area contributed by atoms with Crippen molar-refractivity contribution in [2.45, 2.75) is 58.5 Å². The van der Waals surface area contributed by atoms with E-state index in [1.54, 1.807) is 0 Å². The van der Waals surface area contributed by atoms with Gasteiger partial charge >= 0.3 is 0 Å². The summed E-state index contributed by atoms with van der Waals surface area (Å²) < 4.78 is 6.01. The van der Waals surface area contributed by atoms with E-state index in [-0.39, 0.29) is 0 Å². The average molecular weight is 276 g/mol. The molecule has 3 nitrogen and oxygen atoms in total. The van der Waals surface area contributed by atoms with Crippen LogP contribution in [-0.2, 0) is 0 Å². The first kappa shape index (κ1) is 15.0. The van der Waals surface area contributed by atoms with Gasteiger partial charge in [-0.15, -0.1) is 0 Å². The number of fused-ring (bicyclic) bond motifs is 1. The molecule has 1 unspecified atom stereocenters. The number of nitrogens with two attached hydrogens (primary N) is 1. The summed E-state index contributed by atoms with van der Waals surface area (Å²) in [4.78, 5) is 2.45. The molecule has 0 radical (unpaired) electrons. The third-order valence-corrected chi connectivity index (χ3v) is 4.03. The normalized spacial score (nSPS) is 17.7. The SMILES string of the molecule is CCCCCCCN1CC(CC)Oc2ccc(N)cc21. The Labute approximate surface area is 123 Å². The molecule has 1 aromatic rings. The van der Waals surface area contributed by atoms with Crippen molar-refractivity contribution in [3.63, 3.8) is 0 Å². The van der Waals surface area contributed by atoms with Crippen LogP contribution in [0.15, 0.2) is 18.2 Å². The highest BCUT2D eigenvalue weighted by Gasteiger charge is 2.24. The van der Waals surface area contributed by atoms with Crippen molar-refractivity contribution in [3.05, 3.63) is 18.2 Å². The zero-order valence-corrected chi connectivity index (χ0v) is 12.9. The van der Waals surface area contributed by atoms with Gasteiger partial charge < -0.3 is 15.4 Å². The van der Waals surface area contributed by atoms with Gasteiger partial charge in [0.15, 0.2) is 0 Å². The molecule has 1 aliphatic heterocycles. The monoisotopic (exact) mass is 276 g/mol. The maximum absolute atomic E-state index is 6.01. The molecule has 20 heavy (non-hydrogen) atoms. The maximum atomic E-state index is 6.01. The summed E-state index contributed by atoms with van der Waals surface area (Å²) in [6, 6.07) is 5.99. The maximum Gasteiger partial charge on any atom is 0.143 e. The third-order valence-electron chi connectivity index (χ3n) is 4.03. The number of hydrogen-bond donors (Lipinski definition) is 1. The van der Waals surface area contributed by atoms with Crippen molar-refractivity contribution >= 4 is 11.4 Å². The molecule has 0 saturated carbocycles. The summed E-state index contributed by atoms with van der Waals surface area (Å²) in [7, 11) is 0. The standard InChI is InChI=1S/C17H28N2O/c1-3-5-6-7-8-11-19-13-15(4-2)20-17-10-9-14(18)12-16(17)19/h9-10,12,15H,3-8,11,13,18H2,1-2H3. The molecule has 0 spiro atoms. The Kier molecular flexibility index (Phi) is 5.57. The van der Waals surface area contributed by atoms with E-state index in [1.807, 2.05) is 18.2 Å². The molecule has 0 saturated heterocycles. The summed E-state index contributed by atoms with van der Waals surface area (Å²) >= 11 is 0. The van der Waals surface area contributed by atoms with Gasteiger partial charge in [-0.1, -0.05) is 39.5 Å². The minimum Gasteiger partial charge on any atom is -0.486 e. The van der Waals surface area contributed by atoms with E-state index in [9.17, 15) is 0 Å². The lowest BCUT2D eigenvalue weighted by atomic mass is 10.1. The second-order valence-corrected chi connectivity index (χ2v) is 5.74. The van der Waals surface area contributed by atoms with Gasteiger partial charge in [-0.2, -0.15) is 0 Å². The number of benzene rings is 1. The predicted octanol–water partition coefficient (Wildman–Crippen LogP) is 4.22. The van der Waals surface area contributed by atoms with Crippen LogP contribution in [0.4, 0.5) is 11.4 Å². The molecule has 3 heteroatoms. The van der Waals surface area contributed by atoms with Crippen molar-refractivity contribution in [3.8, 4) is 5.75 Å². The van der Waals surface area contributed by atoms with Crippen molar-refractivity contribution in [1.82, 2.24) is 0 Å². The van der Waals surface area contributed by atoms with Crippen LogP contribution in [0.25, 0.3) is 0 Å². The molecular weight excluding hydrogens is 248 g/mol. The van der Waals surface area contributed by atoms with Gasteiger partial charge in [0.1, 0.15) is 11.9 Å². The van der Waals surface area contributed by atoms with Gasteiger partial charge in [0.05, 0.1) is 12.2 Å². The molecule has 0 bridgehead atoms. The average Bonchev–Trinajstić information content (AvgIpc) is 2.47. The molecule has 1 aliphatic rings. The Balaban J connectivity index is 1.98. The van der Waals surface area contributed by atoms with Crippen LogP contribution in [0, 0.1) is 0 Å². The molecule has 112 valence electrons. The number of nitrogen functional groups attached to an aromatic ring is 1. The summed E-state index contributed by atoms with van der Waals surface area (Å²) in [6.45, 7) is 6.54. The highest BCUT2D eigenvalue weighted by molar-refractivity contribution is 5.66. The van der Waals surface area contributed by atoms with E-state index in [1.165, 1.54) is 37.8 Å². The molecule has 2 N–H and O–H groups in total. The van der Waals surface area contributed by atoms with E-state index >= 15 is 0 Å². The number of ether oxygens (including phenoxy) is 1. The van der Waals surface area contributed by atoms with Gasteiger partial charge in [-0.25, -0.2) is 0 Å². The Morgan fingerprint density at radius 3 is 2.75 bits per heavy atom. The van der Waals surface area contributed by atoms with E-state index < -0.39 is 0 Å². The fourth-order valence-electron chi connectivity index (χ4n) is 2.77. The molecular formula is C17H28N2O.